The first-order valence-electron chi connectivity index (χ1n) is 4.46. The van der Waals surface area contributed by atoms with E-state index < -0.39 is 0 Å². The summed E-state index contributed by atoms with van der Waals surface area (Å²) in [6.45, 7) is 3.76. The first-order valence-corrected chi connectivity index (χ1v) is 4.46. The molecule has 0 radical (unpaired) electrons. The number of nitrogens with two attached hydrogens (primary N) is 1. The minimum atomic E-state index is 0.294. The summed E-state index contributed by atoms with van der Waals surface area (Å²) in [5.41, 5.74) is 5.31. The van der Waals surface area contributed by atoms with E-state index in [-0.39, 0.29) is 0 Å². The molecule has 1 heterocycles. The molecule has 13 heavy (non-hydrogen) atoms. The average Bonchev–Trinajstić information content (AvgIpc) is 2.60. The van der Waals surface area contributed by atoms with Crippen LogP contribution in [-0.4, -0.2) is 23.4 Å². The second kappa shape index (κ2) is 5.66. The van der Waals surface area contributed by atoms with Crippen LogP contribution in [0.15, 0.2) is 4.42 Å². The maximum absolute atomic E-state index is 5.31. The summed E-state index contributed by atoms with van der Waals surface area (Å²) < 4.78 is 10.5. The molecule has 0 amide bonds. The van der Waals surface area contributed by atoms with Crippen molar-refractivity contribution in [2.75, 3.05) is 13.2 Å². The van der Waals surface area contributed by atoms with Gasteiger partial charge in [0, 0.05) is 13.0 Å². The van der Waals surface area contributed by atoms with Gasteiger partial charge in [0.25, 0.3) is 0 Å². The van der Waals surface area contributed by atoms with Crippen molar-refractivity contribution in [1.29, 1.82) is 0 Å². The van der Waals surface area contributed by atoms with E-state index in [1.54, 1.807) is 0 Å². The molecule has 5 nitrogen and oxygen atoms in total. The minimum absolute atomic E-state index is 0.294. The van der Waals surface area contributed by atoms with Crippen molar-refractivity contribution in [2.45, 2.75) is 26.3 Å². The third-order valence-corrected chi connectivity index (χ3v) is 1.49. The Morgan fingerprint density at radius 3 is 2.69 bits per heavy atom. The lowest BCUT2D eigenvalue weighted by Crippen LogP contribution is -1.99. The van der Waals surface area contributed by atoms with Crippen LogP contribution in [0, 0.1) is 0 Å². The van der Waals surface area contributed by atoms with Gasteiger partial charge in [-0.25, -0.2) is 0 Å². The zero-order valence-corrected chi connectivity index (χ0v) is 7.82. The summed E-state index contributed by atoms with van der Waals surface area (Å²) in [7, 11) is 0. The van der Waals surface area contributed by atoms with Gasteiger partial charge >= 0.3 is 0 Å². The highest BCUT2D eigenvalue weighted by Gasteiger charge is 2.03. The van der Waals surface area contributed by atoms with Crippen LogP contribution in [0.1, 0.15) is 25.1 Å². The summed E-state index contributed by atoms with van der Waals surface area (Å²) in [5.74, 6) is 1.07. The van der Waals surface area contributed by atoms with E-state index in [1.807, 2.05) is 0 Å². The van der Waals surface area contributed by atoms with Crippen molar-refractivity contribution in [3.63, 3.8) is 0 Å². The van der Waals surface area contributed by atoms with Gasteiger partial charge in [0.2, 0.25) is 11.8 Å². The minimum Gasteiger partial charge on any atom is -0.424 e. The van der Waals surface area contributed by atoms with Gasteiger partial charge in [-0.3, -0.25) is 0 Å². The SMILES string of the molecule is CCCOCCc1nnc(CN)o1. The Bertz CT molecular complexity index is 237. The van der Waals surface area contributed by atoms with E-state index in [0.29, 0.717) is 31.4 Å². The van der Waals surface area contributed by atoms with E-state index in [1.165, 1.54) is 0 Å². The molecule has 0 aliphatic heterocycles. The lowest BCUT2D eigenvalue weighted by Gasteiger charge is -1.97. The standard InChI is InChI=1S/C8H15N3O2/c1-2-4-12-5-3-7-10-11-8(6-9)13-7/h2-6,9H2,1H3. The van der Waals surface area contributed by atoms with Gasteiger partial charge in [-0.2, -0.15) is 0 Å². The van der Waals surface area contributed by atoms with Crippen LogP contribution in [-0.2, 0) is 17.7 Å². The number of aromatic nitrogens is 2. The van der Waals surface area contributed by atoms with E-state index in [0.717, 1.165) is 13.0 Å². The molecule has 1 rings (SSSR count). The summed E-state index contributed by atoms with van der Waals surface area (Å²) in [4.78, 5) is 0. The van der Waals surface area contributed by atoms with Crippen molar-refractivity contribution in [3.8, 4) is 0 Å². The van der Waals surface area contributed by atoms with Crippen molar-refractivity contribution >= 4 is 0 Å². The molecule has 0 aliphatic rings. The van der Waals surface area contributed by atoms with Crippen LogP contribution in [0.4, 0.5) is 0 Å². The largest absolute Gasteiger partial charge is 0.424 e. The smallest absolute Gasteiger partial charge is 0.230 e. The molecule has 0 aliphatic carbocycles. The molecular formula is C8H15N3O2. The number of ether oxygens (including phenoxy) is 1. The number of rotatable bonds is 6. The quantitative estimate of drug-likeness (QED) is 0.653. The third kappa shape index (κ3) is 3.52. The third-order valence-electron chi connectivity index (χ3n) is 1.49. The fraction of sp³-hybridized carbons (Fsp3) is 0.750. The molecule has 0 aromatic carbocycles. The molecule has 1 aromatic heterocycles. The van der Waals surface area contributed by atoms with Crippen molar-refractivity contribution < 1.29 is 9.15 Å². The van der Waals surface area contributed by atoms with Crippen LogP contribution in [0.5, 0.6) is 0 Å². The van der Waals surface area contributed by atoms with Crippen molar-refractivity contribution in [2.24, 2.45) is 5.73 Å². The molecular weight excluding hydrogens is 170 g/mol. The predicted octanol–water partition coefficient (Wildman–Crippen LogP) is 0.497. The zero-order valence-electron chi connectivity index (χ0n) is 7.82. The van der Waals surface area contributed by atoms with Crippen LogP contribution < -0.4 is 5.73 Å². The molecule has 0 unspecified atom stereocenters. The lowest BCUT2D eigenvalue weighted by molar-refractivity contribution is 0.133. The number of hydrogen-bond donors (Lipinski definition) is 1. The molecule has 5 heteroatoms. The fourth-order valence-electron chi connectivity index (χ4n) is 0.878. The highest BCUT2D eigenvalue weighted by molar-refractivity contribution is 4.80. The van der Waals surface area contributed by atoms with Gasteiger partial charge in [-0.05, 0) is 6.42 Å². The molecule has 0 saturated heterocycles. The number of nitrogens with zero attached hydrogens (tertiary/aromatic N) is 2. The summed E-state index contributed by atoms with van der Waals surface area (Å²) in [6.07, 6.45) is 1.69. The summed E-state index contributed by atoms with van der Waals surface area (Å²) in [6, 6.07) is 0. The van der Waals surface area contributed by atoms with Gasteiger partial charge in [-0.1, -0.05) is 6.92 Å². The average molecular weight is 185 g/mol. The second-order valence-electron chi connectivity index (χ2n) is 2.66. The summed E-state index contributed by atoms with van der Waals surface area (Å²) >= 11 is 0. The molecule has 74 valence electrons. The topological polar surface area (TPSA) is 74.2 Å². The van der Waals surface area contributed by atoms with E-state index >= 15 is 0 Å². The highest BCUT2D eigenvalue weighted by atomic mass is 16.5. The Labute approximate surface area is 77.3 Å². The Kier molecular flexibility index (Phi) is 4.42. The molecule has 0 saturated carbocycles. The molecule has 0 atom stereocenters. The van der Waals surface area contributed by atoms with Gasteiger partial charge in [-0.15, -0.1) is 10.2 Å². The van der Waals surface area contributed by atoms with Crippen molar-refractivity contribution in [3.05, 3.63) is 11.8 Å². The Hall–Kier alpha value is -0.940. The fourth-order valence-corrected chi connectivity index (χ4v) is 0.878. The van der Waals surface area contributed by atoms with Crippen LogP contribution >= 0.6 is 0 Å². The first-order chi connectivity index (χ1) is 6.36. The first kappa shape index (κ1) is 10.1. The molecule has 1 aromatic rings. The van der Waals surface area contributed by atoms with Gasteiger partial charge in [0.15, 0.2) is 0 Å². The van der Waals surface area contributed by atoms with Gasteiger partial charge in [0.05, 0.1) is 13.2 Å². The zero-order chi connectivity index (χ0) is 9.52. The van der Waals surface area contributed by atoms with Crippen LogP contribution in [0.2, 0.25) is 0 Å². The molecule has 0 spiro atoms. The maximum Gasteiger partial charge on any atom is 0.230 e. The van der Waals surface area contributed by atoms with E-state index in [2.05, 4.69) is 17.1 Å². The van der Waals surface area contributed by atoms with Crippen molar-refractivity contribution in [1.82, 2.24) is 10.2 Å². The Morgan fingerprint density at radius 1 is 1.31 bits per heavy atom. The Balaban J connectivity index is 2.20. The molecule has 2 N–H and O–H groups in total. The Morgan fingerprint density at radius 2 is 2.08 bits per heavy atom. The molecule has 0 fully saturated rings. The lowest BCUT2D eigenvalue weighted by atomic mass is 10.4. The second-order valence-corrected chi connectivity index (χ2v) is 2.66. The number of hydrogen-bond acceptors (Lipinski definition) is 5. The highest BCUT2D eigenvalue weighted by Crippen LogP contribution is 1.99. The normalized spacial score (nSPS) is 10.6. The van der Waals surface area contributed by atoms with Gasteiger partial charge < -0.3 is 14.9 Å². The maximum atomic E-state index is 5.31. The van der Waals surface area contributed by atoms with E-state index in [4.69, 9.17) is 14.9 Å². The summed E-state index contributed by atoms with van der Waals surface area (Å²) in [5, 5.41) is 7.54. The van der Waals surface area contributed by atoms with E-state index in [9.17, 15) is 0 Å². The monoisotopic (exact) mass is 185 g/mol. The van der Waals surface area contributed by atoms with Crippen LogP contribution in [0.25, 0.3) is 0 Å². The van der Waals surface area contributed by atoms with Crippen LogP contribution in [0.3, 0.4) is 0 Å². The predicted molar refractivity (Wildman–Crippen MR) is 47.0 cm³/mol. The molecule has 0 bridgehead atoms. The van der Waals surface area contributed by atoms with Gasteiger partial charge in [0.1, 0.15) is 0 Å².